The molecule has 1 atom stereocenters. The van der Waals surface area contributed by atoms with Crippen molar-refractivity contribution in [3.63, 3.8) is 0 Å². The van der Waals surface area contributed by atoms with Gasteiger partial charge in [-0.25, -0.2) is 4.98 Å². The van der Waals surface area contributed by atoms with Crippen molar-refractivity contribution in [3.8, 4) is 23.7 Å². The zero-order chi connectivity index (χ0) is 44.0. The molecule has 2 aromatic carbocycles. The SMILES string of the molecule is CC1(C)[C@H](Oc2cnc(C#N)c(C(F)(F)F)c2)C(C)(C)[C@H]1N1Cc2cc(C#C[C@H]3CC[C@H](CN4Cc5cc6c(cc5C4)C(=O)N(C4CCC(=O)NC4=O)C6=O)CC3)ccc2C1=O. The van der Waals surface area contributed by atoms with E-state index in [0.29, 0.717) is 42.2 Å². The Kier molecular flexibility index (Phi) is 9.86. The molecule has 6 aliphatic rings. The first-order chi connectivity index (χ1) is 29.3. The van der Waals surface area contributed by atoms with Crippen molar-refractivity contribution in [2.24, 2.45) is 22.7 Å². The van der Waals surface area contributed by atoms with Crippen molar-refractivity contribution in [1.29, 1.82) is 5.26 Å². The second-order valence-corrected chi connectivity index (χ2v) is 18.8. The lowest BCUT2D eigenvalue weighted by molar-refractivity contribution is -0.199. The van der Waals surface area contributed by atoms with Gasteiger partial charge in [0.05, 0.1) is 22.9 Å². The lowest BCUT2D eigenvalue weighted by Crippen LogP contribution is -2.74. The molecule has 12 nitrogen and oxygen atoms in total. The lowest BCUT2D eigenvalue weighted by Gasteiger charge is -2.65. The molecule has 1 saturated heterocycles. The van der Waals surface area contributed by atoms with Gasteiger partial charge in [-0.15, -0.1) is 0 Å². The number of benzene rings is 2. The second kappa shape index (κ2) is 14.8. The van der Waals surface area contributed by atoms with E-state index < -0.39 is 64.0 Å². The molecule has 3 fully saturated rings. The molecule has 62 heavy (non-hydrogen) atoms. The number of pyridine rings is 1. The highest BCUT2D eigenvalue weighted by Crippen LogP contribution is 2.59. The van der Waals surface area contributed by atoms with Crippen LogP contribution in [-0.4, -0.2) is 74.0 Å². The van der Waals surface area contributed by atoms with Gasteiger partial charge < -0.3 is 9.64 Å². The van der Waals surface area contributed by atoms with E-state index in [1.807, 2.05) is 50.8 Å². The minimum atomic E-state index is -4.77. The van der Waals surface area contributed by atoms with Crippen molar-refractivity contribution in [1.82, 2.24) is 25.0 Å². The van der Waals surface area contributed by atoms with E-state index in [-0.39, 0.29) is 36.5 Å². The molecular formula is C47H45F3N6O6. The number of halogens is 3. The smallest absolute Gasteiger partial charge is 0.419 e. The molecule has 2 aliphatic carbocycles. The van der Waals surface area contributed by atoms with Gasteiger partial charge in [-0.1, -0.05) is 39.5 Å². The number of carbonyl (C=O) groups is 5. The average molecular weight is 847 g/mol. The van der Waals surface area contributed by atoms with E-state index in [2.05, 4.69) is 27.0 Å². The molecule has 1 N–H and O–H groups in total. The van der Waals surface area contributed by atoms with Crippen molar-refractivity contribution in [3.05, 3.63) is 92.8 Å². The first kappa shape index (κ1) is 41.3. The Morgan fingerprint density at radius 1 is 0.839 bits per heavy atom. The largest absolute Gasteiger partial charge is 0.488 e. The van der Waals surface area contributed by atoms with Crippen LogP contribution in [0, 0.1) is 45.8 Å². The van der Waals surface area contributed by atoms with Gasteiger partial charge in [0.25, 0.3) is 17.7 Å². The molecule has 5 heterocycles. The summed E-state index contributed by atoms with van der Waals surface area (Å²) in [5, 5.41) is 11.4. The summed E-state index contributed by atoms with van der Waals surface area (Å²) in [7, 11) is 0. The van der Waals surface area contributed by atoms with E-state index in [1.165, 1.54) is 6.07 Å². The predicted molar refractivity (Wildman–Crippen MR) is 216 cm³/mol. The Morgan fingerprint density at radius 2 is 1.50 bits per heavy atom. The standard InChI is InChI=1S/C47H45F3N6O6/c1-45(2)43(46(3,4)44(45)62-31-18-35(47(48,49)50)36(19-51)52-20-31)55-24-30-15-26(11-12-32(30)40(55)59)8-5-25-6-9-27(10-7-25)21-54-22-28-16-33-34(17-29(28)23-54)42(61)56(41(33)60)37-13-14-38(57)53-39(37)58/h11-12,15-18,20,25,27,37,43-44H,6-7,9-10,13-14,21-24H2,1-4H3,(H,53,57,58)/t25-,27-,37?,43-,44-. The Bertz CT molecular complexity index is 2520. The fourth-order valence-electron chi connectivity index (χ4n) is 11.4. The quantitative estimate of drug-likeness (QED) is 0.220. The molecule has 2 saturated carbocycles. The topological polar surface area (TPSA) is 153 Å². The van der Waals surface area contributed by atoms with E-state index >= 15 is 0 Å². The number of piperidine rings is 1. The van der Waals surface area contributed by atoms with E-state index in [0.717, 1.165) is 71.6 Å². The van der Waals surface area contributed by atoms with Gasteiger partial charge in [-0.05, 0) is 91.1 Å². The first-order valence-electron chi connectivity index (χ1n) is 21.0. The van der Waals surface area contributed by atoms with Crippen LogP contribution in [0.1, 0.15) is 131 Å². The number of hydrogen-bond donors (Lipinski definition) is 1. The molecule has 0 bridgehead atoms. The number of nitrogens with one attached hydrogen (secondary N) is 1. The number of nitriles is 1. The van der Waals surface area contributed by atoms with Crippen molar-refractivity contribution < 1.29 is 41.9 Å². The number of imide groups is 2. The molecule has 9 rings (SSSR count). The summed E-state index contributed by atoms with van der Waals surface area (Å²) in [6.07, 6.45) is 0.00943. The number of alkyl halides is 3. The van der Waals surface area contributed by atoms with Crippen LogP contribution in [0.5, 0.6) is 5.75 Å². The summed E-state index contributed by atoms with van der Waals surface area (Å²) in [6.45, 7) is 10.4. The molecule has 1 aromatic heterocycles. The van der Waals surface area contributed by atoms with E-state index in [4.69, 9.17) is 10.00 Å². The average Bonchev–Trinajstić information content (AvgIpc) is 3.84. The maximum Gasteiger partial charge on any atom is 0.419 e. The fourth-order valence-corrected chi connectivity index (χ4v) is 11.4. The summed E-state index contributed by atoms with van der Waals surface area (Å²) in [5.74, 6) is 5.38. The van der Waals surface area contributed by atoms with Crippen LogP contribution in [0.15, 0.2) is 42.6 Å². The maximum absolute atomic E-state index is 13.8. The minimum Gasteiger partial charge on any atom is -0.488 e. The van der Waals surface area contributed by atoms with Gasteiger partial charge in [0.2, 0.25) is 11.8 Å². The van der Waals surface area contributed by atoms with Gasteiger partial charge in [0.1, 0.15) is 24.0 Å². The summed E-state index contributed by atoms with van der Waals surface area (Å²) < 4.78 is 47.1. The predicted octanol–water partition coefficient (Wildman–Crippen LogP) is 6.38. The molecule has 15 heteroatoms. The van der Waals surface area contributed by atoms with Crippen LogP contribution in [0.2, 0.25) is 0 Å². The Hall–Kier alpha value is -6.06. The Labute approximate surface area is 356 Å². The van der Waals surface area contributed by atoms with Crippen LogP contribution < -0.4 is 10.1 Å². The second-order valence-electron chi connectivity index (χ2n) is 18.8. The van der Waals surface area contributed by atoms with Crippen LogP contribution in [0.4, 0.5) is 13.2 Å². The molecule has 3 aromatic rings. The molecule has 1 unspecified atom stereocenters. The van der Waals surface area contributed by atoms with Gasteiger partial charge in [0.15, 0.2) is 5.69 Å². The highest BCUT2D eigenvalue weighted by molar-refractivity contribution is 6.23. The highest BCUT2D eigenvalue weighted by Gasteiger charge is 2.67. The molecule has 0 radical (unpaired) electrons. The van der Waals surface area contributed by atoms with Gasteiger partial charge in [-0.2, -0.15) is 18.4 Å². The number of rotatable bonds is 6. The summed E-state index contributed by atoms with van der Waals surface area (Å²) in [4.78, 5) is 73.5. The van der Waals surface area contributed by atoms with Crippen LogP contribution >= 0.6 is 0 Å². The van der Waals surface area contributed by atoms with Crippen LogP contribution in [-0.2, 0) is 35.4 Å². The van der Waals surface area contributed by atoms with Crippen molar-refractivity contribution in [2.45, 2.75) is 110 Å². The molecule has 320 valence electrons. The Morgan fingerprint density at radius 3 is 2.11 bits per heavy atom. The molecular weight excluding hydrogens is 802 g/mol. The molecule has 4 aliphatic heterocycles. The minimum absolute atomic E-state index is 0.0778. The number of carbonyl (C=O) groups excluding carboxylic acids is 5. The zero-order valence-corrected chi connectivity index (χ0v) is 34.8. The third-order valence-electron chi connectivity index (χ3n) is 13.9. The van der Waals surface area contributed by atoms with Crippen LogP contribution in [0.3, 0.4) is 0 Å². The van der Waals surface area contributed by atoms with Crippen molar-refractivity contribution in [2.75, 3.05) is 6.54 Å². The number of amides is 5. The van der Waals surface area contributed by atoms with E-state index in [1.54, 1.807) is 12.1 Å². The van der Waals surface area contributed by atoms with Gasteiger partial charge in [-0.3, -0.25) is 39.1 Å². The van der Waals surface area contributed by atoms with Gasteiger partial charge >= 0.3 is 6.18 Å². The molecule has 0 spiro atoms. The summed E-state index contributed by atoms with van der Waals surface area (Å²) in [5.41, 5.74) is 1.85. The normalized spacial score (nSPS) is 26.2. The number of aromatic nitrogens is 1. The Balaban J connectivity index is 0.785. The summed E-state index contributed by atoms with van der Waals surface area (Å²) in [6, 6.07) is 10.3. The zero-order valence-electron chi connectivity index (χ0n) is 34.8. The first-order valence-corrected chi connectivity index (χ1v) is 21.0. The summed E-state index contributed by atoms with van der Waals surface area (Å²) >= 11 is 0. The van der Waals surface area contributed by atoms with Crippen LogP contribution in [0.25, 0.3) is 0 Å². The highest BCUT2D eigenvalue weighted by atomic mass is 19.4. The lowest BCUT2D eigenvalue weighted by atomic mass is 9.49. The number of ether oxygens (including phenoxy) is 1. The maximum atomic E-state index is 13.8. The fraction of sp³-hybridized carbons (Fsp3) is 0.468. The molecule has 5 amide bonds. The third kappa shape index (κ3) is 6.91. The van der Waals surface area contributed by atoms with Gasteiger partial charge in [0, 0.05) is 66.5 Å². The number of nitrogens with zero attached hydrogens (tertiary/aromatic N) is 5. The third-order valence-corrected chi connectivity index (χ3v) is 13.9. The monoisotopic (exact) mass is 846 g/mol. The van der Waals surface area contributed by atoms with Crippen molar-refractivity contribution >= 4 is 29.5 Å². The number of hydrogen-bond acceptors (Lipinski definition) is 9. The number of fused-ring (bicyclic) bond motifs is 3. The van der Waals surface area contributed by atoms with E-state index in [9.17, 15) is 37.1 Å².